The van der Waals surface area contributed by atoms with Gasteiger partial charge in [0.05, 0.1) is 6.61 Å². The van der Waals surface area contributed by atoms with Gasteiger partial charge in [0, 0.05) is 11.0 Å². The number of aliphatic hydroxyl groups is 1. The van der Waals surface area contributed by atoms with Crippen molar-refractivity contribution in [3.8, 4) is 11.5 Å². The molecule has 0 radical (unpaired) electrons. The number of ether oxygens (including phenoxy) is 2. The summed E-state index contributed by atoms with van der Waals surface area (Å²) < 4.78 is 11.3. The maximum Gasteiger partial charge on any atom is 0.164 e. The van der Waals surface area contributed by atoms with Crippen LogP contribution in [0.2, 0.25) is 0 Å². The number of fused-ring (bicyclic) bond motifs is 1. The van der Waals surface area contributed by atoms with Crippen LogP contribution in [0.3, 0.4) is 0 Å². The minimum Gasteiger partial charge on any atom is -0.486 e. The van der Waals surface area contributed by atoms with Crippen LogP contribution in [0.5, 0.6) is 11.5 Å². The van der Waals surface area contributed by atoms with E-state index in [1.165, 1.54) is 0 Å². The second-order valence-corrected chi connectivity index (χ2v) is 5.01. The first kappa shape index (κ1) is 12.2. The molecule has 2 rings (SSSR count). The summed E-state index contributed by atoms with van der Waals surface area (Å²) in [6.07, 6.45) is 0.880. The van der Waals surface area contributed by atoms with Gasteiger partial charge in [-0.05, 0) is 18.1 Å². The van der Waals surface area contributed by atoms with Gasteiger partial charge >= 0.3 is 0 Å². The number of rotatable bonds is 3. The Hall–Kier alpha value is -1.22. The lowest BCUT2D eigenvalue weighted by Crippen LogP contribution is -2.25. The highest BCUT2D eigenvalue weighted by Gasteiger charge is 2.27. The largest absolute Gasteiger partial charge is 0.486 e. The summed E-state index contributed by atoms with van der Waals surface area (Å²) in [5, 5.41) is 9.50. The zero-order chi connectivity index (χ0) is 12.5. The van der Waals surface area contributed by atoms with Crippen molar-refractivity contribution in [2.75, 3.05) is 19.8 Å². The number of benzene rings is 1. The molecule has 94 valence electrons. The Morgan fingerprint density at radius 3 is 2.59 bits per heavy atom. The molecule has 0 saturated carbocycles. The second kappa shape index (κ2) is 4.57. The average Bonchev–Trinajstić information content (AvgIpc) is 2.37. The topological polar surface area (TPSA) is 38.7 Å². The second-order valence-electron chi connectivity index (χ2n) is 5.01. The van der Waals surface area contributed by atoms with Crippen LogP contribution >= 0.6 is 0 Å². The van der Waals surface area contributed by atoms with Crippen LogP contribution in [0.1, 0.15) is 31.9 Å². The van der Waals surface area contributed by atoms with E-state index in [1.807, 2.05) is 26.0 Å². The fourth-order valence-electron chi connectivity index (χ4n) is 2.24. The predicted molar refractivity (Wildman–Crippen MR) is 66.9 cm³/mol. The zero-order valence-corrected chi connectivity index (χ0v) is 10.7. The summed E-state index contributed by atoms with van der Waals surface area (Å²) in [4.78, 5) is 0. The molecule has 1 aliphatic rings. The van der Waals surface area contributed by atoms with E-state index >= 15 is 0 Å². The van der Waals surface area contributed by atoms with Crippen molar-refractivity contribution in [1.82, 2.24) is 0 Å². The normalized spacial score (nSPS) is 14.8. The minimum absolute atomic E-state index is 0.125. The molecule has 17 heavy (non-hydrogen) atoms. The molecule has 1 heterocycles. The van der Waals surface area contributed by atoms with E-state index in [0.29, 0.717) is 13.2 Å². The van der Waals surface area contributed by atoms with Crippen LogP contribution in [-0.2, 0) is 11.8 Å². The predicted octanol–water partition coefficient (Wildman–Crippen LogP) is 2.29. The molecule has 1 N–H and O–H groups in total. The first-order chi connectivity index (χ1) is 8.10. The van der Waals surface area contributed by atoms with Gasteiger partial charge in [0.25, 0.3) is 0 Å². The summed E-state index contributed by atoms with van der Waals surface area (Å²) in [5.74, 6) is 1.68. The third kappa shape index (κ3) is 2.12. The average molecular weight is 236 g/mol. The highest BCUT2D eigenvalue weighted by molar-refractivity contribution is 5.53. The Kier molecular flexibility index (Phi) is 3.29. The molecule has 0 aromatic heterocycles. The Morgan fingerprint density at radius 2 is 1.94 bits per heavy atom. The van der Waals surface area contributed by atoms with Crippen molar-refractivity contribution >= 4 is 0 Å². The Bertz CT molecular complexity index is 410. The van der Waals surface area contributed by atoms with Gasteiger partial charge in [0.2, 0.25) is 0 Å². The van der Waals surface area contributed by atoms with Crippen LogP contribution in [0.15, 0.2) is 12.1 Å². The van der Waals surface area contributed by atoms with Crippen LogP contribution in [0.25, 0.3) is 0 Å². The molecule has 0 saturated heterocycles. The van der Waals surface area contributed by atoms with Gasteiger partial charge in [-0.15, -0.1) is 0 Å². The zero-order valence-electron chi connectivity index (χ0n) is 10.7. The minimum atomic E-state index is -0.249. The first-order valence-corrected chi connectivity index (χ1v) is 6.13. The lowest BCUT2D eigenvalue weighted by atomic mass is 9.81. The molecule has 3 heteroatoms. The highest BCUT2D eigenvalue weighted by atomic mass is 16.6. The smallest absolute Gasteiger partial charge is 0.164 e. The molecule has 1 aromatic rings. The van der Waals surface area contributed by atoms with Gasteiger partial charge < -0.3 is 14.6 Å². The van der Waals surface area contributed by atoms with E-state index in [4.69, 9.17) is 9.47 Å². The monoisotopic (exact) mass is 236 g/mol. The van der Waals surface area contributed by atoms with Crippen LogP contribution < -0.4 is 9.47 Å². The Balaban J connectivity index is 2.54. The fourth-order valence-corrected chi connectivity index (χ4v) is 2.24. The molecule has 1 aromatic carbocycles. The molecule has 0 atom stereocenters. The maximum atomic E-state index is 9.50. The number of hydrogen-bond acceptors (Lipinski definition) is 3. The maximum absolute atomic E-state index is 9.50. The molecule has 3 nitrogen and oxygen atoms in total. The molecule has 0 spiro atoms. The van der Waals surface area contributed by atoms with Crippen molar-refractivity contribution in [3.05, 3.63) is 23.3 Å². The Morgan fingerprint density at radius 1 is 1.24 bits per heavy atom. The third-order valence-electron chi connectivity index (χ3n) is 3.29. The molecule has 1 aliphatic heterocycles. The van der Waals surface area contributed by atoms with Crippen LogP contribution in [0, 0.1) is 0 Å². The van der Waals surface area contributed by atoms with Crippen LogP contribution in [-0.4, -0.2) is 24.9 Å². The molecule has 0 fully saturated rings. The lowest BCUT2D eigenvalue weighted by molar-refractivity contribution is 0.168. The van der Waals surface area contributed by atoms with Gasteiger partial charge in [0.15, 0.2) is 11.5 Å². The summed E-state index contributed by atoms with van der Waals surface area (Å²) in [5.41, 5.74) is 2.05. The van der Waals surface area contributed by atoms with Gasteiger partial charge in [-0.2, -0.15) is 0 Å². The van der Waals surface area contributed by atoms with E-state index in [-0.39, 0.29) is 12.0 Å². The summed E-state index contributed by atoms with van der Waals surface area (Å²) >= 11 is 0. The SMILES string of the molecule is CCc1c(C(C)(C)CO)ccc2c1OCCO2. The van der Waals surface area contributed by atoms with Gasteiger partial charge in [-0.3, -0.25) is 0 Å². The van der Waals surface area contributed by atoms with E-state index < -0.39 is 0 Å². The lowest BCUT2D eigenvalue weighted by Gasteiger charge is -2.29. The summed E-state index contributed by atoms with van der Waals surface area (Å²) in [7, 11) is 0. The quantitative estimate of drug-likeness (QED) is 0.875. The third-order valence-corrected chi connectivity index (χ3v) is 3.29. The standard InChI is InChI=1S/C14H20O3/c1-4-10-11(14(2,3)9-15)5-6-12-13(10)17-8-7-16-12/h5-6,15H,4,7-9H2,1-3H3. The van der Waals surface area contributed by atoms with Gasteiger partial charge in [-0.1, -0.05) is 26.8 Å². The van der Waals surface area contributed by atoms with Crippen molar-refractivity contribution in [2.45, 2.75) is 32.6 Å². The number of hydrogen-bond donors (Lipinski definition) is 1. The molecule has 0 unspecified atom stereocenters. The Labute approximate surface area is 102 Å². The molecule has 0 aliphatic carbocycles. The molecule has 0 bridgehead atoms. The van der Waals surface area contributed by atoms with Crippen molar-refractivity contribution < 1.29 is 14.6 Å². The summed E-state index contributed by atoms with van der Waals surface area (Å²) in [6, 6.07) is 3.99. The van der Waals surface area contributed by atoms with Gasteiger partial charge in [0.1, 0.15) is 13.2 Å². The van der Waals surface area contributed by atoms with Crippen molar-refractivity contribution in [1.29, 1.82) is 0 Å². The highest BCUT2D eigenvalue weighted by Crippen LogP contribution is 2.40. The van der Waals surface area contributed by atoms with Crippen molar-refractivity contribution in [2.24, 2.45) is 0 Å². The van der Waals surface area contributed by atoms with Gasteiger partial charge in [-0.25, -0.2) is 0 Å². The van der Waals surface area contributed by atoms with E-state index in [2.05, 4.69) is 6.92 Å². The molecular formula is C14H20O3. The van der Waals surface area contributed by atoms with Crippen LogP contribution in [0.4, 0.5) is 0 Å². The fraction of sp³-hybridized carbons (Fsp3) is 0.571. The first-order valence-electron chi connectivity index (χ1n) is 6.13. The van der Waals surface area contributed by atoms with E-state index in [0.717, 1.165) is 29.0 Å². The summed E-state index contributed by atoms with van der Waals surface area (Å²) in [6.45, 7) is 7.52. The number of aliphatic hydroxyl groups excluding tert-OH is 1. The molecule has 0 amide bonds. The van der Waals surface area contributed by atoms with Crippen molar-refractivity contribution in [3.63, 3.8) is 0 Å². The van der Waals surface area contributed by atoms with E-state index in [1.54, 1.807) is 0 Å². The molecular weight excluding hydrogens is 216 g/mol. The van der Waals surface area contributed by atoms with E-state index in [9.17, 15) is 5.11 Å².